The molecule has 6 aromatic rings. The van der Waals surface area contributed by atoms with E-state index in [0.717, 1.165) is 35.3 Å². The molecule has 6 heterocycles. The summed E-state index contributed by atoms with van der Waals surface area (Å²) in [5, 5.41) is 8.40. The van der Waals surface area contributed by atoms with Gasteiger partial charge >= 0.3 is 12.4 Å². The second-order valence-electron chi connectivity index (χ2n) is 14.1. The van der Waals surface area contributed by atoms with Crippen molar-refractivity contribution >= 4 is 29.0 Å². The summed E-state index contributed by atoms with van der Waals surface area (Å²) < 4.78 is 96.9. The summed E-state index contributed by atoms with van der Waals surface area (Å²) in [6.45, 7) is 4.81. The van der Waals surface area contributed by atoms with Gasteiger partial charge in [0.05, 0.1) is 59.2 Å². The van der Waals surface area contributed by atoms with E-state index in [2.05, 4.69) is 30.2 Å². The molecule has 0 atom stereocenters. The first-order chi connectivity index (χ1) is 28.5. The van der Waals surface area contributed by atoms with Crippen LogP contribution in [0.1, 0.15) is 71.2 Å². The van der Waals surface area contributed by atoms with Crippen LogP contribution in [0.25, 0.3) is 0 Å². The number of nitrogens with zero attached hydrogens (tertiary/aromatic N) is 10. The maximum Gasteiger partial charge on any atom is 0.416 e. The number of rotatable bonds is 10. The third-order valence-corrected chi connectivity index (χ3v) is 9.66. The van der Waals surface area contributed by atoms with Gasteiger partial charge in [0.15, 0.2) is 11.6 Å². The minimum absolute atomic E-state index is 0.0606. The van der Waals surface area contributed by atoms with E-state index in [-0.39, 0.29) is 43.4 Å². The number of hydrogen-bond acceptors (Lipinski definition) is 9. The van der Waals surface area contributed by atoms with E-state index < -0.39 is 35.1 Å². The van der Waals surface area contributed by atoms with Crippen LogP contribution < -0.4 is 16.9 Å². The van der Waals surface area contributed by atoms with Crippen molar-refractivity contribution in [3.8, 4) is 0 Å². The van der Waals surface area contributed by atoms with Crippen molar-refractivity contribution in [1.82, 2.24) is 38.7 Å². The maximum atomic E-state index is 14.1. The molecular formula is C40H36F7N11O2. The molecule has 0 saturated heterocycles. The maximum absolute atomic E-state index is 14.1. The van der Waals surface area contributed by atoms with Gasteiger partial charge in [0.1, 0.15) is 0 Å². The Bertz CT molecular complexity index is 2570. The average molecular weight is 836 g/mol. The van der Waals surface area contributed by atoms with Gasteiger partial charge in [-0.15, -0.1) is 0 Å². The fourth-order valence-electron chi connectivity index (χ4n) is 6.78. The van der Waals surface area contributed by atoms with Crippen molar-refractivity contribution in [3.05, 3.63) is 145 Å². The Morgan fingerprint density at radius 3 is 1.58 bits per heavy atom. The van der Waals surface area contributed by atoms with Crippen molar-refractivity contribution in [2.24, 2.45) is 9.98 Å². The Morgan fingerprint density at radius 1 is 0.667 bits per heavy atom. The van der Waals surface area contributed by atoms with Crippen molar-refractivity contribution in [3.63, 3.8) is 0 Å². The lowest BCUT2D eigenvalue weighted by Gasteiger charge is -2.08. The molecule has 60 heavy (non-hydrogen) atoms. The number of aromatic nitrogens is 8. The van der Waals surface area contributed by atoms with Gasteiger partial charge in [0.25, 0.3) is 17.2 Å². The van der Waals surface area contributed by atoms with Gasteiger partial charge in [-0.3, -0.25) is 28.1 Å². The van der Waals surface area contributed by atoms with Crippen LogP contribution in [-0.2, 0) is 51.4 Å². The monoisotopic (exact) mass is 835 g/mol. The number of fused-ring (bicyclic) bond motifs is 2. The highest BCUT2D eigenvalue weighted by Crippen LogP contribution is 2.31. The SMILES string of the molecule is CCCn1c(F)nc2c(c1=O)CC(c1cnn(Cc3cccc(C(F)(F)F)c3)c1)=N2.CCCn1c(N)nc2c(c1=O)CC(c1cnn(Cc3cccc(C(F)(F)F)c3)c1)=N2. The first-order valence-electron chi connectivity index (χ1n) is 18.7. The number of hydrogen-bond donors (Lipinski definition) is 1. The zero-order valence-corrected chi connectivity index (χ0v) is 32.1. The summed E-state index contributed by atoms with van der Waals surface area (Å²) in [7, 11) is 0. The Morgan fingerprint density at radius 2 is 1.12 bits per heavy atom. The molecule has 13 nitrogen and oxygen atoms in total. The van der Waals surface area contributed by atoms with Gasteiger partial charge in [-0.25, -0.2) is 9.98 Å². The number of anilines is 1. The summed E-state index contributed by atoms with van der Waals surface area (Å²) >= 11 is 0. The summed E-state index contributed by atoms with van der Waals surface area (Å²) in [5.74, 6) is 0.502. The molecule has 8 rings (SSSR count). The average Bonchev–Trinajstić information content (AvgIpc) is 4.02. The van der Waals surface area contributed by atoms with Crippen LogP contribution in [0.3, 0.4) is 0 Å². The number of halogens is 7. The van der Waals surface area contributed by atoms with Crippen LogP contribution in [0.2, 0.25) is 0 Å². The summed E-state index contributed by atoms with van der Waals surface area (Å²) in [4.78, 5) is 41.9. The second kappa shape index (κ2) is 16.5. The quantitative estimate of drug-likeness (QED) is 0.116. The normalized spacial score (nSPS) is 13.4. The molecule has 0 radical (unpaired) electrons. The summed E-state index contributed by atoms with van der Waals surface area (Å²) in [5.41, 5.74) is 7.96. The van der Waals surface area contributed by atoms with E-state index in [0.29, 0.717) is 70.0 Å². The van der Waals surface area contributed by atoms with Crippen LogP contribution >= 0.6 is 0 Å². The third-order valence-electron chi connectivity index (χ3n) is 9.66. The first-order valence-corrected chi connectivity index (χ1v) is 18.7. The summed E-state index contributed by atoms with van der Waals surface area (Å²) in [6, 6.07) is 10.1. The molecule has 0 unspecified atom stereocenters. The number of aliphatic imine (C=N–C) groups is 2. The predicted molar refractivity (Wildman–Crippen MR) is 207 cm³/mol. The van der Waals surface area contributed by atoms with Crippen LogP contribution in [0.4, 0.5) is 48.3 Å². The van der Waals surface area contributed by atoms with Crippen LogP contribution in [0.5, 0.6) is 0 Å². The number of benzene rings is 2. The molecule has 2 N–H and O–H groups in total. The Labute approximate surface area is 336 Å². The lowest BCUT2D eigenvalue weighted by atomic mass is 10.1. The topological polar surface area (TPSA) is 156 Å². The Kier molecular flexibility index (Phi) is 11.4. The molecule has 2 aliphatic heterocycles. The highest BCUT2D eigenvalue weighted by molar-refractivity contribution is 6.06. The largest absolute Gasteiger partial charge is 0.416 e. The fraction of sp³-hybridized carbons (Fsp3) is 0.300. The predicted octanol–water partition coefficient (Wildman–Crippen LogP) is 6.91. The molecular weight excluding hydrogens is 800 g/mol. The lowest BCUT2D eigenvalue weighted by molar-refractivity contribution is -0.138. The minimum atomic E-state index is -4.41. The highest BCUT2D eigenvalue weighted by Gasteiger charge is 2.32. The van der Waals surface area contributed by atoms with Gasteiger partial charge in [-0.05, 0) is 48.2 Å². The molecule has 0 spiro atoms. The summed E-state index contributed by atoms with van der Waals surface area (Å²) in [6.07, 6.45) is -1.42. The van der Waals surface area contributed by atoms with Gasteiger partial charge < -0.3 is 5.73 Å². The smallest absolute Gasteiger partial charge is 0.369 e. The van der Waals surface area contributed by atoms with Gasteiger partial charge in [-0.1, -0.05) is 38.1 Å². The Hall–Kier alpha value is -6.73. The standard InChI is InChI=1S/C20H17F4N5O.C20H19F3N6O/c1-2-6-29-18(30)15-8-16(26-17(15)27-19(29)21)13-9-25-28(11-13)10-12-4-3-5-14(7-12)20(22,23)24;1-2-6-29-18(30)15-8-16(26-17(15)27-19(29)24)13-9-25-28(11-13)10-12-4-3-5-14(7-12)20(21,22)23/h3-5,7,9,11H,2,6,8,10H2,1H3;3-5,7,9,11H,2,6,8,10H2,1H3,(H2,24,27). The second-order valence-corrected chi connectivity index (χ2v) is 14.1. The van der Waals surface area contributed by atoms with Crippen LogP contribution in [0.15, 0.2) is 92.9 Å². The van der Waals surface area contributed by atoms with E-state index in [4.69, 9.17) is 5.73 Å². The van der Waals surface area contributed by atoms with Gasteiger partial charge in [-0.2, -0.15) is 50.9 Å². The molecule has 0 saturated carbocycles. The molecule has 0 aliphatic carbocycles. The molecule has 0 amide bonds. The van der Waals surface area contributed by atoms with E-state index >= 15 is 0 Å². The Balaban J connectivity index is 0.000000181. The lowest BCUT2D eigenvalue weighted by Crippen LogP contribution is -2.27. The van der Waals surface area contributed by atoms with Gasteiger partial charge in [0, 0.05) is 49.5 Å². The van der Waals surface area contributed by atoms with E-state index in [9.17, 15) is 40.3 Å². The number of nitrogen functional groups attached to an aromatic ring is 1. The highest BCUT2D eigenvalue weighted by atomic mass is 19.4. The van der Waals surface area contributed by atoms with Crippen LogP contribution in [-0.4, -0.2) is 50.1 Å². The third kappa shape index (κ3) is 8.81. The number of nitrogens with two attached hydrogens (primary N) is 1. The molecule has 2 aliphatic rings. The molecule has 2 aromatic carbocycles. The first kappa shape index (κ1) is 41.4. The van der Waals surface area contributed by atoms with Crippen molar-refractivity contribution < 1.29 is 30.7 Å². The minimum Gasteiger partial charge on any atom is -0.369 e. The van der Waals surface area contributed by atoms with E-state index in [1.165, 1.54) is 32.3 Å². The molecule has 0 bridgehead atoms. The van der Waals surface area contributed by atoms with Crippen molar-refractivity contribution in [2.75, 3.05) is 5.73 Å². The van der Waals surface area contributed by atoms with Crippen molar-refractivity contribution in [1.29, 1.82) is 0 Å². The van der Waals surface area contributed by atoms with E-state index in [1.54, 1.807) is 30.7 Å². The molecule has 4 aromatic heterocycles. The zero-order valence-electron chi connectivity index (χ0n) is 32.1. The van der Waals surface area contributed by atoms with Crippen molar-refractivity contribution in [2.45, 2.75) is 78.1 Å². The molecule has 20 heteroatoms. The molecule has 312 valence electrons. The van der Waals surface area contributed by atoms with Crippen LogP contribution in [0, 0.1) is 6.08 Å². The fourth-order valence-corrected chi connectivity index (χ4v) is 6.78. The number of alkyl halides is 6. The van der Waals surface area contributed by atoms with Gasteiger partial charge in [0.2, 0.25) is 5.95 Å². The zero-order chi connectivity index (χ0) is 42.9. The van der Waals surface area contributed by atoms with E-state index in [1.807, 2.05) is 13.8 Å². The molecule has 0 fully saturated rings.